The van der Waals surface area contributed by atoms with E-state index in [1.807, 2.05) is 50.2 Å². The van der Waals surface area contributed by atoms with Gasteiger partial charge < -0.3 is 9.47 Å². The standard InChI is InChI=1S/C23H21ClN4O3S/c1-3-20-27-28-21(25)18(22(29)26-23(28)32-20)13-15-4-6-16(7-5-15)30-10-11-31-17-8-9-19(24)14(2)12-17/h4-9,12-13,25H,3,10-11H2,1-2H3/b18-13-,25-21?. The Morgan fingerprint density at radius 1 is 1.12 bits per heavy atom. The molecule has 32 heavy (non-hydrogen) atoms. The van der Waals surface area contributed by atoms with Gasteiger partial charge in [-0.3, -0.25) is 10.2 Å². The molecule has 2 aliphatic rings. The van der Waals surface area contributed by atoms with Crippen molar-refractivity contribution in [3.8, 4) is 11.5 Å². The molecule has 2 aliphatic heterocycles. The molecule has 9 heteroatoms. The van der Waals surface area contributed by atoms with Crippen LogP contribution in [0.5, 0.6) is 11.5 Å². The maximum Gasteiger partial charge on any atom is 0.283 e. The monoisotopic (exact) mass is 468 g/mol. The van der Waals surface area contributed by atoms with Gasteiger partial charge in [-0.25, -0.2) is 0 Å². The number of benzene rings is 2. The van der Waals surface area contributed by atoms with Gasteiger partial charge in [0.25, 0.3) is 5.91 Å². The first-order chi connectivity index (χ1) is 15.4. The Balaban J connectivity index is 1.35. The first kappa shape index (κ1) is 22.1. The van der Waals surface area contributed by atoms with E-state index in [4.69, 9.17) is 26.5 Å². The van der Waals surface area contributed by atoms with Crippen LogP contribution in [0.2, 0.25) is 5.02 Å². The Bertz CT molecular complexity index is 1160. The largest absolute Gasteiger partial charge is 0.490 e. The lowest BCUT2D eigenvalue weighted by molar-refractivity contribution is -0.114. The summed E-state index contributed by atoms with van der Waals surface area (Å²) in [5, 5.41) is 16.1. The number of ether oxygens (including phenoxy) is 2. The second-order valence-electron chi connectivity index (χ2n) is 7.04. The number of carbonyl (C=O) groups is 1. The summed E-state index contributed by atoms with van der Waals surface area (Å²) in [5.41, 5.74) is 1.93. The number of hydrazone groups is 1. The number of aryl methyl sites for hydroxylation is 1. The van der Waals surface area contributed by atoms with Gasteiger partial charge in [-0.15, -0.1) is 0 Å². The van der Waals surface area contributed by atoms with Gasteiger partial charge in [-0.2, -0.15) is 15.1 Å². The number of aliphatic imine (C=N–C) groups is 1. The molecule has 0 aromatic heterocycles. The number of amides is 1. The third kappa shape index (κ3) is 4.87. The zero-order valence-electron chi connectivity index (χ0n) is 17.6. The Morgan fingerprint density at radius 2 is 1.81 bits per heavy atom. The fourth-order valence-electron chi connectivity index (χ4n) is 3.03. The summed E-state index contributed by atoms with van der Waals surface area (Å²) < 4.78 is 11.4. The fraction of sp³-hybridized carbons (Fsp3) is 0.217. The van der Waals surface area contributed by atoms with E-state index in [0.717, 1.165) is 28.3 Å². The highest BCUT2D eigenvalue weighted by Crippen LogP contribution is 2.29. The van der Waals surface area contributed by atoms with Crippen LogP contribution in [0.1, 0.15) is 24.5 Å². The molecule has 1 amide bonds. The molecule has 0 fully saturated rings. The van der Waals surface area contributed by atoms with Crippen LogP contribution in [0.4, 0.5) is 0 Å². The molecule has 7 nitrogen and oxygen atoms in total. The second-order valence-corrected chi connectivity index (χ2v) is 8.49. The molecular weight excluding hydrogens is 448 g/mol. The summed E-state index contributed by atoms with van der Waals surface area (Å²) in [6.45, 7) is 4.68. The summed E-state index contributed by atoms with van der Waals surface area (Å²) in [4.78, 5) is 16.5. The van der Waals surface area contributed by atoms with E-state index < -0.39 is 5.91 Å². The Hall–Kier alpha value is -3.10. The number of thioether (sulfide) groups is 1. The van der Waals surface area contributed by atoms with Crippen molar-refractivity contribution in [2.24, 2.45) is 10.1 Å². The van der Waals surface area contributed by atoms with Crippen molar-refractivity contribution in [1.29, 1.82) is 5.41 Å². The topological polar surface area (TPSA) is 87.3 Å². The minimum absolute atomic E-state index is 0.0332. The van der Waals surface area contributed by atoms with Crippen molar-refractivity contribution >= 4 is 51.4 Å². The van der Waals surface area contributed by atoms with Crippen LogP contribution in [-0.2, 0) is 4.79 Å². The molecule has 2 heterocycles. The van der Waals surface area contributed by atoms with Gasteiger partial charge in [0.2, 0.25) is 5.17 Å². The molecule has 0 bridgehead atoms. The van der Waals surface area contributed by atoms with Gasteiger partial charge in [0.15, 0.2) is 5.84 Å². The molecular formula is C23H21ClN4O3S. The minimum atomic E-state index is -0.434. The number of hydrogen-bond acceptors (Lipinski definition) is 6. The fourth-order valence-corrected chi connectivity index (χ4v) is 3.97. The summed E-state index contributed by atoms with van der Waals surface area (Å²) in [6, 6.07) is 12.8. The SMILES string of the molecule is CCC1=NN2C(=N)/C(=C/c3ccc(OCCOc4ccc(Cl)c(C)c4)cc3)C(=O)N=C2S1. The van der Waals surface area contributed by atoms with E-state index in [1.54, 1.807) is 12.1 Å². The van der Waals surface area contributed by atoms with Crippen molar-refractivity contribution in [3.63, 3.8) is 0 Å². The molecule has 1 N–H and O–H groups in total. The van der Waals surface area contributed by atoms with Gasteiger partial charge in [0.1, 0.15) is 29.8 Å². The molecule has 2 aromatic rings. The molecule has 0 saturated carbocycles. The van der Waals surface area contributed by atoms with Crippen LogP contribution >= 0.6 is 23.4 Å². The van der Waals surface area contributed by atoms with Gasteiger partial charge in [0, 0.05) is 5.02 Å². The van der Waals surface area contributed by atoms with Crippen LogP contribution in [0.15, 0.2) is 58.1 Å². The molecule has 0 atom stereocenters. The predicted molar refractivity (Wildman–Crippen MR) is 129 cm³/mol. The third-order valence-corrected chi connectivity index (χ3v) is 6.22. The van der Waals surface area contributed by atoms with Crippen LogP contribution in [0.25, 0.3) is 6.08 Å². The van der Waals surface area contributed by atoms with E-state index in [2.05, 4.69) is 10.1 Å². The molecule has 0 saturated heterocycles. The van der Waals surface area contributed by atoms with Gasteiger partial charge in [-0.1, -0.05) is 30.7 Å². The number of carbonyl (C=O) groups excluding carboxylic acids is 1. The smallest absolute Gasteiger partial charge is 0.283 e. The average Bonchev–Trinajstić information content (AvgIpc) is 3.21. The lowest BCUT2D eigenvalue weighted by Crippen LogP contribution is -2.35. The first-order valence-corrected chi connectivity index (χ1v) is 11.2. The summed E-state index contributed by atoms with van der Waals surface area (Å²) in [5.74, 6) is 1.03. The van der Waals surface area contributed by atoms with Crippen molar-refractivity contribution in [1.82, 2.24) is 5.01 Å². The summed E-state index contributed by atoms with van der Waals surface area (Å²) in [6.07, 6.45) is 2.37. The Morgan fingerprint density at radius 3 is 2.50 bits per heavy atom. The number of rotatable bonds is 7. The molecule has 164 valence electrons. The van der Waals surface area contributed by atoms with E-state index in [9.17, 15) is 4.79 Å². The van der Waals surface area contributed by atoms with Gasteiger partial charge in [-0.05, 0) is 72.6 Å². The van der Waals surface area contributed by atoms with E-state index in [0.29, 0.717) is 29.2 Å². The highest BCUT2D eigenvalue weighted by molar-refractivity contribution is 8.26. The minimum Gasteiger partial charge on any atom is -0.490 e. The van der Waals surface area contributed by atoms with Crippen molar-refractivity contribution in [2.45, 2.75) is 20.3 Å². The Kier molecular flexibility index (Phi) is 6.62. The predicted octanol–water partition coefficient (Wildman–Crippen LogP) is 5.14. The highest BCUT2D eigenvalue weighted by atomic mass is 35.5. The molecule has 2 aromatic carbocycles. The van der Waals surface area contributed by atoms with Crippen LogP contribution in [0, 0.1) is 12.3 Å². The zero-order chi connectivity index (χ0) is 22.7. The van der Waals surface area contributed by atoms with E-state index >= 15 is 0 Å². The van der Waals surface area contributed by atoms with E-state index in [-0.39, 0.29) is 11.4 Å². The zero-order valence-corrected chi connectivity index (χ0v) is 19.2. The molecule has 0 unspecified atom stereocenters. The van der Waals surface area contributed by atoms with Crippen molar-refractivity contribution in [3.05, 3.63) is 64.2 Å². The lowest BCUT2D eigenvalue weighted by atomic mass is 10.1. The number of nitrogens with zero attached hydrogens (tertiary/aromatic N) is 3. The average molecular weight is 469 g/mol. The molecule has 0 radical (unpaired) electrons. The maximum absolute atomic E-state index is 12.4. The normalized spacial score (nSPS) is 16.7. The summed E-state index contributed by atoms with van der Waals surface area (Å²) in [7, 11) is 0. The van der Waals surface area contributed by atoms with Crippen LogP contribution in [0.3, 0.4) is 0 Å². The Labute approximate surface area is 195 Å². The van der Waals surface area contributed by atoms with Crippen molar-refractivity contribution in [2.75, 3.05) is 13.2 Å². The first-order valence-electron chi connectivity index (χ1n) is 10.1. The third-order valence-electron chi connectivity index (χ3n) is 4.74. The van der Waals surface area contributed by atoms with Gasteiger partial charge >= 0.3 is 0 Å². The van der Waals surface area contributed by atoms with E-state index in [1.165, 1.54) is 16.8 Å². The number of amidine groups is 2. The number of nitrogens with one attached hydrogen (secondary N) is 1. The molecule has 4 rings (SSSR count). The number of fused-ring (bicyclic) bond motifs is 1. The maximum atomic E-state index is 12.4. The molecule has 0 spiro atoms. The second kappa shape index (κ2) is 9.58. The highest BCUT2D eigenvalue weighted by Gasteiger charge is 2.34. The van der Waals surface area contributed by atoms with Gasteiger partial charge in [0.05, 0.1) is 5.57 Å². The number of hydrogen-bond donors (Lipinski definition) is 1. The summed E-state index contributed by atoms with van der Waals surface area (Å²) >= 11 is 7.34. The number of halogens is 1. The van der Waals surface area contributed by atoms with Crippen LogP contribution < -0.4 is 9.47 Å². The van der Waals surface area contributed by atoms with Crippen molar-refractivity contribution < 1.29 is 14.3 Å². The molecule has 0 aliphatic carbocycles. The van der Waals surface area contributed by atoms with Crippen LogP contribution in [-0.4, -0.2) is 40.2 Å². The quantitative estimate of drug-likeness (QED) is 0.449. The lowest BCUT2D eigenvalue weighted by Gasteiger charge is -2.20.